The molecule has 1 atom stereocenters. The number of benzene rings is 1. The second-order valence-corrected chi connectivity index (χ2v) is 6.34. The number of hydrogen-bond donors (Lipinski definition) is 0. The van der Waals surface area contributed by atoms with Gasteiger partial charge in [0.1, 0.15) is 18.5 Å². The molecular weight excluding hydrogens is 248 g/mol. The van der Waals surface area contributed by atoms with Gasteiger partial charge in [0.25, 0.3) is 0 Å². The van der Waals surface area contributed by atoms with Crippen molar-refractivity contribution in [3.63, 3.8) is 0 Å². The van der Waals surface area contributed by atoms with E-state index in [4.69, 9.17) is 9.47 Å². The molecule has 2 aliphatic rings. The lowest BCUT2D eigenvalue weighted by atomic mass is 9.77. The quantitative estimate of drug-likeness (QED) is 0.710. The molecule has 1 saturated carbocycles. The average molecular weight is 274 g/mol. The molecule has 0 aromatic heterocycles. The average Bonchev–Trinajstić information content (AvgIpc) is 3.31. The summed E-state index contributed by atoms with van der Waals surface area (Å²) >= 11 is 0. The van der Waals surface area contributed by atoms with Gasteiger partial charge in [0.05, 0.1) is 6.61 Å². The molecule has 0 amide bonds. The molecule has 0 radical (unpaired) electrons. The Morgan fingerprint density at radius 1 is 1.10 bits per heavy atom. The second kappa shape index (κ2) is 6.62. The fourth-order valence-electron chi connectivity index (χ4n) is 3.38. The van der Waals surface area contributed by atoms with Crippen molar-refractivity contribution >= 4 is 0 Å². The predicted molar refractivity (Wildman–Crippen MR) is 81.3 cm³/mol. The SMILES string of the molecule is CCCC1CCC(c2ccc(OC[C@H]3CO3)cc2)CC1. The number of rotatable bonds is 6. The normalized spacial score (nSPS) is 29.1. The smallest absolute Gasteiger partial charge is 0.119 e. The maximum Gasteiger partial charge on any atom is 0.119 e. The molecule has 1 aliphatic heterocycles. The van der Waals surface area contributed by atoms with Crippen LogP contribution < -0.4 is 4.74 Å². The van der Waals surface area contributed by atoms with Gasteiger partial charge in [-0.3, -0.25) is 0 Å². The standard InChI is InChI=1S/C18H26O2/c1-2-3-14-4-6-15(7-5-14)16-8-10-17(11-9-16)19-12-18-13-20-18/h8-11,14-15,18H,2-7,12-13H2,1H3/t14?,15?,18-/m0/s1. The van der Waals surface area contributed by atoms with Crippen molar-refractivity contribution in [3.8, 4) is 5.75 Å². The van der Waals surface area contributed by atoms with Crippen LogP contribution in [0.4, 0.5) is 0 Å². The first kappa shape index (κ1) is 13.9. The number of hydrogen-bond acceptors (Lipinski definition) is 2. The third-order valence-electron chi connectivity index (χ3n) is 4.73. The summed E-state index contributed by atoms with van der Waals surface area (Å²) in [6, 6.07) is 8.76. The summed E-state index contributed by atoms with van der Waals surface area (Å²) in [4.78, 5) is 0. The van der Waals surface area contributed by atoms with E-state index in [1.165, 1.54) is 44.1 Å². The molecule has 1 aromatic carbocycles. The summed E-state index contributed by atoms with van der Waals surface area (Å²) in [5.41, 5.74) is 1.50. The van der Waals surface area contributed by atoms with Gasteiger partial charge in [-0.05, 0) is 55.2 Å². The van der Waals surface area contributed by atoms with E-state index in [-0.39, 0.29) is 0 Å². The molecule has 2 heteroatoms. The van der Waals surface area contributed by atoms with Gasteiger partial charge in [-0.25, -0.2) is 0 Å². The predicted octanol–water partition coefficient (Wildman–Crippen LogP) is 4.54. The van der Waals surface area contributed by atoms with Gasteiger partial charge in [0.15, 0.2) is 0 Å². The lowest BCUT2D eigenvalue weighted by molar-refractivity contribution is 0.263. The molecule has 1 saturated heterocycles. The minimum absolute atomic E-state index is 0.337. The number of epoxide rings is 1. The van der Waals surface area contributed by atoms with Crippen molar-refractivity contribution < 1.29 is 9.47 Å². The van der Waals surface area contributed by atoms with Crippen LogP contribution in [0.2, 0.25) is 0 Å². The van der Waals surface area contributed by atoms with Crippen molar-refractivity contribution in [2.75, 3.05) is 13.2 Å². The zero-order valence-corrected chi connectivity index (χ0v) is 12.5. The van der Waals surface area contributed by atoms with Crippen LogP contribution in [-0.4, -0.2) is 19.3 Å². The second-order valence-electron chi connectivity index (χ2n) is 6.34. The molecular formula is C18H26O2. The molecule has 1 heterocycles. The van der Waals surface area contributed by atoms with Crippen LogP contribution in [0.1, 0.15) is 56.9 Å². The van der Waals surface area contributed by atoms with Crippen molar-refractivity contribution in [1.29, 1.82) is 0 Å². The van der Waals surface area contributed by atoms with E-state index in [1.54, 1.807) is 0 Å². The van der Waals surface area contributed by atoms with Crippen LogP contribution in [0, 0.1) is 5.92 Å². The number of ether oxygens (including phenoxy) is 2. The van der Waals surface area contributed by atoms with Crippen LogP contribution in [0.3, 0.4) is 0 Å². The third-order valence-corrected chi connectivity index (χ3v) is 4.73. The fourth-order valence-corrected chi connectivity index (χ4v) is 3.38. The topological polar surface area (TPSA) is 21.8 Å². The highest BCUT2D eigenvalue weighted by molar-refractivity contribution is 5.29. The van der Waals surface area contributed by atoms with Crippen LogP contribution in [0.15, 0.2) is 24.3 Å². The first-order valence-electron chi connectivity index (χ1n) is 8.19. The molecule has 0 N–H and O–H groups in total. The Labute approximate surface area is 122 Å². The van der Waals surface area contributed by atoms with E-state index in [2.05, 4.69) is 31.2 Å². The van der Waals surface area contributed by atoms with Crippen LogP contribution in [0.5, 0.6) is 5.75 Å². The molecule has 110 valence electrons. The highest BCUT2D eigenvalue weighted by atomic mass is 16.6. The molecule has 0 unspecified atom stereocenters. The van der Waals surface area contributed by atoms with Gasteiger partial charge in [-0.2, -0.15) is 0 Å². The Hall–Kier alpha value is -1.02. The zero-order chi connectivity index (χ0) is 13.8. The van der Waals surface area contributed by atoms with Gasteiger partial charge >= 0.3 is 0 Å². The minimum atomic E-state index is 0.337. The monoisotopic (exact) mass is 274 g/mol. The maximum atomic E-state index is 5.70. The molecule has 2 nitrogen and oxygen atoms in total. The fraction of sp³-hybridized carbons (Fsp3) is 0.667. The molecule has 1 aromatic rings. The van der Waals surface area contributed by atoms with Crippen LogP contribution in [-0.2, 0) is 4.74 Å². The summed E-state index contributed by atoms with van der Waals surface area (Å²) < 4.78 is 10.9. The van der Waals surface area contributed by atoms with E-state index in [0.29, 0.717) is 12.7 Å². The van der Waals surface area contributed by atoms with E-state index in [0.717, 1.165) is 24.2 Å². The summed E-state index contributed by atoms with van der Waals surface area (Å²) in [5.74, 6) is 2.73. The van der Waals surface area contributed by atoms with E-state index in [1.807, 2.05) is 0 Å². The first-order chi connectivity index (χ1) is 9.85. The minimum Gasteiger partial charge on any atom is -0.491 e. The van der Waals surface area contributed by atoms with Crippen molar-refractivity contribution in [2.24, 2.45) is 5.92 Å². The summed E-state index contributed by atoms with van der Waals surface area (Å²) in [6.07, 6.45) is 8.64. The summed E-state index contributed by atoms with van der Waals surface area (Å²) in [6.45, 7) is 3.86. The van der Waals surface area contributed by atoms with Gasteiger partial charge in [-0.15, -0.1) is 0 Å². The lowest BCUT2D eigenvalue weighted by Gasteiger charge is -2.28. The molecule has 1 aliphatic carbocycles. The van der Waals surface area contributed by atoms with E-state index >= 15 is 0 Å². The lowest BCUT2D eigenvalue weighted by Crippen LogP contribution is -2.13. The van der Waals surface area contributed by atoms with E-state index in [9.17, 15) is 0 Å². The Balaban J connectivity index is 1.49. The Bertz CT molecular complexity index is 400. The highest BCUT2D eigenvalue weighted by Crippen LogP contribution is 2.37. The van der Waals surface area contributed by atoms with Gasteiger partial charge < -0.3 is 9.47 Å². The van der Waals surface area contributed by atoms with Crippen molar-refractivity contribution in [1.82, 2.24) is 0 Å². The van der Waals surface area contributed by atoms with Crippen LogP contribution >= 0.6 is 0 Å². The Morgan fingerprint density at radius 3 is 2.40 bits per heavy atom. The van der Waals surface area contributed by atoms with Crippen molar-refractivity contribution in [3.05, 3.63) is 29.8 Å². The molecule has 0 bridgehead atoms. The Morgan fingerprint density at radius 2 is 1.80 bits per heavy atom. The first-order valence-corrected chi connectivity index (χ1v) is 8.19. The summed E-state index contributed by atoms with van der Waals surface area (Å²) in [5, 5.41) is 0. The van der Waals surface area contributed by atoms with Crippen molar-refractivity contribution in [2.45, 2.75) is 57.5 Å². The molecule has 0 spiro atoms. The third kappa shape index (κ3) is 3.76. The van der Waals surface area contributed by atoms with Crippen LogP contribution in [0.25, 0.3) is 0 Å². The Kier molecular flexibility index (Phi) is 4.62. The maximum absolute atomic E-state index is 5.70. The highest BCUT2D eigenvalue weighted by Gasteiger charge is 2.23. The van der Waals surface area contributed by atoms with Gasteiger partial charge in [0, 0.05) is 0 Å². The van der Waals surface area contributed by atoms with Gasteiger partial charge in [0.2, 0.25) is 0 Å². The van der Waals surface area contributed by atoms with Gasteiger partial charge in [-0.1, -0.05) is 31.9 Å². The molecule has 3 rings (SSSR count). The molecule has 20 heavy (non-hydrogen) atoms. The summed E-state index contributed by atoms with van der Waals surface area (Å²) in [7, 11) is 0. The van der Waals surface area contributed by atoms with E-state index < -0.39 is 0 Å². The largest absolute Gasteiger partial charge is 0.491 e. The molecule has 2 fully saturated rings. The zero-order valence-electron chi connectivity index (χ0n) is 12.5.